The summed E-state index contributed by atoms with van der Waals surface area (Å²) >= 11 is 0. The number of hydrogen-bond donors (Lipinski definition) is 2. The predicted molar refractivity (Wildman–Crippen MR) is 42.8 cm³/mol. The van der Waals surface area contributed by atoms with Gasteiger partial charge in [0.25, 0.3) is 0 Å². The molecule has 0 fully saturated rings. The molecule has 0 radical (unpaired) electrons. The van der Waals surface area contributed by atoms with Crippen molar-refractivity contribution < 1.29 is 5.11 Å². The van der Waals surface area contributed by atoms with E-state index in [1.807, 2.05) is 25.1 Å². The quantitative estimate of drug-likeness (QED) is 0.605. The molecule has 1 heterocycles. The summed E-state index contributed by atoms with van der Waals surface area (Å²) in [6.45, 7) is 1.84. The number of pyridine rings is 1. The summed E-state index contributed by atoms with van der Waals surface area (Å²) in [5, 5.41) is 9.01. The van der Waals surface area contributed by atoms with E-state index < -0.39 is 6.23 Å². The highest BCUT2D eigenvalue weighted by molar-refractivity contribution is 5.09. The first kappa shape index (κ1) is 8.17. The summed E-state index contributed by atoms with van der Waals surface area (Å²) < 4.78 is 0. The van der Waals surface area contributed by atoms with Gasteiger partial charge in [-0.2, -0.15) is 0 Å². The average molecular weight is 152 g/mol. The van der Waals surface area contributed by atoms with Crippen LogP contribution in [0, 0.1) is 0 Å². The summed E-state index contributed by atoms with van der Waals surface area (Å²) in [6.07, 6.45) is 0.860. The van der Waals surface area contributed by atoms with E-state index in [1.165, 1.54) is 0 Å². The monoisotopic (exact) mass is 152 g/mol. The molecular weight excluding hydrogens is 140 g/mol. The molecule has 0 bridgehead atoms. The van der Waals surface area contributed by atoms with E-state index >= 15 is 0 Å². The van der Waals surface area contributed by atoms with E-state index in [0.717, 1.165) is 5.69 Å². The molecule has 0 saturated heterocycles. The van der Waals surface area contributed by atoms with E-state index in [4.69, 9.17) is 10.8 Å². The second-order valence-electron chi connectivity index (χ2n) is 2.53. The van der Waals surface area contributed by atoms with E-state index in [0.29, 0.717) is 0 Å². The van der Waals surface area contributed by atoms with Gasteiger partial charge in [0.2, 0.25) is 0 Å². The van der Waals surface area contributed by atoms with Gasteiger partial charge in [-0.1, -0.05) is 13.0 Å². The Labute approximate surface area is 65.9 Å². The van der Waals surface area contributed by atoms with Gasteiger partial charge >= 0.3 is 0 Å². The number of nitrogens with two attached hydrogens (primary N) is 1. The van der Waals surface area contributed by atoms with Crippen molar-refractivity contribution in [2.45, 2.75) is 19.1 Å². The molecule has 0 aliphatic carbocycles. The zero-order valence-corrected chi connectivity index (χ0v) is 6.44. The van der Waals surface area contributed by atoms with Crippen LogP contribution in [-0.4, -0.2) is 16.3 Å². The minimum absolute atomic E-state index is 0.101. The third-order valence-electron chi connectivity index (χ3n) is 1.67. The van der Waals surface area contributed by atoms with Crippen LogP contribution in [0.4, 0.5) is 0 Å². The Hall–Kier alpha value is -0.930. The molecule has 1 aromatic rings. The molecule has 1 rings (SSSR count). The van der Waals surface area contributed by atoms with E-state index in [1.54, 1.807) is 6.20 Å². The van der Waals surface area contributed by atoms with Crippen molar-refractivity contribution in [2.24, 2.45) is 5.73 Å². The number of nitrogens with zero attached hydrogens (tertiary/aromatic N) is 1. The van der Waals surface area contributed by atoms with Crippen LogP contribution in [0.25, 0.3) is 0 Å². The molecule has 0 amide bonds. The van der Waals surface area contributed by atoms with Crippen molar-refractivity contribution in [1.29, 1.82) is 0 Å². The summed E-state index contributed by atoms with van der Waals surface area (Å²) in [4.78, 5) is 4.06. The first-order valence-electron chi connectivity index (χ1n) is 3.56. The van der Waals surface area contributed by atoms with Gasteiger partial charge in [0.1, 0.15) is 6.23 Å². The SMILES string of the molecule is CC(c1ccccn1)C(N)O. The van der Waals surface area contributed by atoms with E-state index in [9.17, 15) is 0 Å². The van der Waals surface area contributed by atoms with Crippen LogP contribution in [0.15, 0.2) is 24.4 Å². The van der Waals surface area contributed by atoms with Gasteiger partial charge in [0.05, 0.1) is 0 Å². The number of aliphatic hydroxyl groups excluding tert-OH is 1. The average Bonchev–Trinajstić information content (AvgIpc) is 2.05. The lowest BCUT2D eigenvalue weighted by Gasteiger charge is -2.12. The lowest BCUT2D eigenvalue weighted by Crippen LogP contribution is -2.26. The first-order chi connectivity index (χ1) is 5.22. The smallest absolute Gasteiger partial charge is 0.110 e. The lowest BCUT2D eigenvalue weighted by atomic mass is 10.1. The Kier molecular flexibility index (Phi) is 2.57. The van der Waals surface area contributed by atoms with Gasteiger partial charge in [-0.05, 0) is 12.1 Å². The summed E-state index contributed by atoms with van der Waals surface area (Å²) in [7, 11) is 0. The summed E-state index contributed by atoms with van der Waals surface area (Å²) in [5.41, 5.74) is 6.11. The first-order valence-corrected chi connectivity index (χ1v) is 3.56. The zero-order chi connectivity index (χ0) is 8.27. The molecule has 11 heavy (non-hydrogen) atoms. The van der Waals surface area contributed by atoms with Crippen molar-refractivity contribution >= 4 is 0 Å². The number of aliphatic hydroxyl groups is 1. The fourth-order valence-electron chi connectivity index (χ4n) is 0.820. The number of rotatable bonds is 2. The van der Waals surface area contributed by atoms with Gasteiger partial charge in [-0.25, -0.2) is 0 Å². The van der Waals surface area contributed by atoms with Crippen molar-refractivity contribution in [2.75, 3.05) is 0 Å². The fourth-order valence-corrected chi connectivity index (χ4v) is 0.820. The second kappa shape index (κ2) is 3.46. The molecule has 3 N–H and O–H groups in total. The molecule has 60 valence electrons. The van der Waals surface area contributed by atoms with E-state index in [-0.39, 0.29) is 5.92 Å². The lowest BCUT2D eigenvalue weighted by molar-refractivity contribution is 0.155. The molecule has 2 unspecified atom stereocenters. The van der Waals surface area contributed by atoms with Crippen LogP contribution in [0.5, 0.6) is 0 Å². The highest BCUT2D eigenvalue weighted by atomic mass is 16.3. The van der Waals surface area contributed by atoms with Crippen LogP contribution >= 0.6 is 0 Å². The second-order valence-corrected chi connectivity index (χ2v) is 2.53. The maximum Gasteiger partial charge on any atom is 0.110 e. The zero-order valence-electron chi connectivity index (χ0n) is 6.44. The minimum atomic E-state index is -0.829. The Morgan fingerprint density at radius 2 is 2.27 bits per heavy atom. The van der Waals surface area contributed by atoms with Crippen LogP contribution < -0.4 is 5.73 Å². The van der Waals surface area contributed by atoms with Crippen molar-refractivity contribution in [3.05, 3.63) is 30.1 Å². The molecule has 0 aliphatic heterocycles. The molecule has 1 aromatic heterocycles. The Bertz CT molecular complexity index is 211. The maximum absolute atomic E-state index is 9.01. The fraction of sp³-hybridized carbons (Fsp3) is 0.375. The molecular formula is C8H12N2O. The van der Waals surface area contributed by atoms with Gasteiger partial charge in [0, 0.05) is 17.8 Å². The molecule has 0 aliphatic rings. The van der Waals surface area contributed by atoms with Gasteiger partial charge < -0.3 is 10.8 Å². The number of aromatic nitrogens is 1. The predicted octanol–water partition coefficient (Wildman–Crippen LogP) is 0.462. The third-order valence-corrected chi connectivity index (χ3v) is 1.67. The molecule has 0 aromatic carbocycles. The molecule has 0 saturated carbocycles. The molecule has 3 heteroatoms. The van der Waals surface area contributed by atoms with Crippen LogP contribution in [0.2, 0.25) is 0 Å². The van der Waals surface area contributed by atoms with E-state index in [2.05, 4.69) is 4.98 Å². The van der Waals surface area contributed by atoms with Crippen molar-refractivity contribution in [3.8, 4) is 0 Å². The minimum Gasteiger partial charge on any atom is -0.378 e. The topological polar surface area (TPSA) is 59.1 Å². The van der Waals surface area contributed by atoms with Crippen LogP contribution in [0.3, 0.4) is 0 Å². The highest BCUT2D eigenvalue weighted by Gasteiger charge is 2.11. The van der Waals surface area contributed by atoms with Crippen LogP contribution in [-0.2, 0) is 0 Å². The van der Waals surface area contributed by atoms with Gasteiger partial charge in [0.15, 0.2) is 0 Å². The normalized spacial score (nSPS) is 15.9. The molecule has 0 spiro atoms. The number of hydrogen-bond acceptors (Lipinski definition) is 3. The van der Waals surface area contributed by atoms with Crippen molar-refractivity contribution in [1.82, 2.24) is 4.98 Å². The van der Waals surface area contributed by atoms with Crippen LogP contribution in [0.1, 0.15) is 18.5 Å². The Balaban J connectivity index is 2.77. The summed E-state index contributed by atoms with van der Waals surface area (Å²) in [6, 6.07) is 5.56. The largest absolute Gasteiger partial charge is 0.378 e. The van der Waals surface area contributed by atoms with Crippen molar-refractivity contribution in [3.63, 3.8) is 0 Å². The Morgan fingerprint density at radius 3 is 2.73 bits per heavy atom. The standard InChI is InChI=1S/C8H12N2O/c1-6(8(9)11)7-4-2-3-5-10-7/h2-6,8,11H,9H2,1H3. The van der Waals surface area contributed by atoms with Gasteiger partial charge in [-0.3, -0.25) is 4.98 Å². The maximum atomic E-state index is 9.01. The van der Waals surface area contributed by atoms with Gasteiger partial charge in [-0.15, -0.1) is 0 Å². The molecule has 3 nitrogen and oxygen atoms in total. The highest BCUT2D eigenvalue weighted by Crippen LogP contribution is 2.12. The third kappa shape index (κ3) is 2.00. The Morgan fingerprint density at radius 1 is 1.55 bits per heavy atom. The molecule has 2 atom stereocenters. The summed E-state index contributed by atoms with van der Waals surface area (Å²) in [5.74, 6) is -0.101.